The van der Waals surface area contributed by atoms with Crippen LogP contribution in [0.1, 0.15) is 33.3 Å². The molecule has 94 valence electrons. The van der Waals surface area contributed by atoms with Crippen molar-refractivity contribution in [3.8, 4) is 0 Å². The van der Waals surface area contributed by atoms with Gasteiger partial charge in [-0.05, 0) is 23.1 Å². The van der Waals surface area contributed by atoms with Gasteiger partial charge in [-0.3, -0.25) is 4.79 Å². The van der Waals surface area contributed by atoms with Gasteiger partial charge in [-0.1, -0.05) is 51.4 Å². The van der Waals surface area contributed by atoms with Crippen LogP contribution < -0.4 is 5.32 Å². The maximum Gasteiger partial charge on any atom is 0.223 e. The van der Waals surface area contributed by atoms with Crippen molar-refractivity contribution in [1.82, 2.24) is 5.32 Å². The van der Waals surface area contributed by atoms with Crippen molar-refractivity contribution in [2.45, 2.75) is 34.2 Å². The molecule has 0 fully saturated rings. The molecule has 0 aliphatic rings. The molecule has 0 heterocycles. The average Bonchev–Trinajstić information content (AvgIpc) is 2.23. The van der Waals surface area contributed by atoms with Crippen LogP contribution in [0.3, 0.4) is 0 Å². The summed E-state index contributed by atoms with van der Waals surface area (Å²) in [5.74, 6) is 0.0687. The van der Waals surface area contributed by atoms with Crippen molar-refractivity contribution >= 4 is 17.5 Å². The first kappa shape index (κ1) is 14.0. The number of carbonyl (C=O) groups is 1. The highest BCUT2D eigenvalue weighted by Crippen LogP contribution is 2.25. The number of hydrogen-bond donors (Lipinski definition) is 1. The van der Waals surface area contributed by atoms with Crippen LogP contribution in [-0.4, -0.2) is 5.91 Å². The Hall–Kier alpha value is -1.02. The fourth-order valence-electron chi connectivity index (χ4n) is 1.38. The zero-order chi connectivity index (χ0) is 13.1. The van der Waals surface area contributed by atoms with Gasteiger partial charge in [0.25, 0.3) is 0 Å². The number of carbonyl (C=O) groups excluding carboxylic acids is 1. The second kappa shape index (κ2) is 5.54. The Kier molecular flexibility index (Phi) is 4.58. The van der Waals surface area contributed by atoms with Crippen LogP contribution in [0, 0.1) is 11.3 Å². The Morgan fingerprint density at radius 3 is 2.59 bits per heavy atom. The van der Waals surface area contributed by atoms with Crippen molar-refractivity contribution in [1.29, 1.82) is 0 Å². The molecular weight excluding hydrogens is 234 g/mol. The van der Waals surface area contributed by atoms with Gasteiger partial charge in [0, 0.05) is 17.5 Å². The fourth-order valence-corrected chi connectivity index (χ4v) is 1.60. The van der Waals surface area contributed by atoms with Gasteiger partial charge in [0.1, 0.15) is 0 Å². The largest absolute Gasteiger partial charge is 0.352 e. The van der Waals surface area contributed by atoms with Crippen LogP contribution in [0.25, 0.3) is 0 Å². The van der Waals surface area contributed by atoms with Gasteiger partial charge in [-0.25, -0.2) is 0 Å². The lowest BCUT2D eigenvalue weighted by molar-refractivity contribution is -0.127. The first-order valence-corrected chi connectivity index (χ1v) is 6.20. The third kappa shape index (κ3) is 4.39. The molecule has 0 aromatic heterocycles. The van der Waals surface area contributed by atoms with E-state index in [1.807, 2.05) is 31.2 Å². The van der Waals surface area contributed by atoms with Crippen LogP contribution in [-0.2, 0) is 11.3 Å². The third-order valence-corrected chi connectivity index (χ3v) is 3.28. The predicted octanol–water partition coefficient (Wildman–Crippen LogP) is 3.64. The van der Waals surface area contributed by atoms with Crippen molar-refractivity contribution in [3.63, 3.8) is 0 Å². The van der Waals surface area contributed by atoms with E-state index < -0.39 is 0 Å². The van der Waals surface area contributed by atoms with Crippen molar-refractivity contribution < 1.29 is 4.79 Å². The molecule has 1 aromatic carbocycles. The highest BCUT2D eigenvalue weighted by atomic mass is 35.5. The van der Waals surface area contributed by atoms with Gasteiger partial charge < -0.3 is 5.32 Å². The average molecular weight is 254 g/mol. The summed E-state index contributed by atoms with van der Waals surface area (Å²) in [7, 11) is 0. The maximum absolute atomic E-state index is 11.9. The molecule has 17 heavy (non-hydrogen) atoms. The Labute approximate surface area is 108 Å². The molecular formula is C14H20ClNO. The van der Waals surface area contributed by atoms with E-state index in [0.717, 1.165) is 5.56 Å². The van der Waals surface area contributed by atoms with E-state index in [4.69, 9.17) is 11.6 Å². The molecule has 1 rings (SSSR count). The minimum absolute atomic E-state index is 0.0123. The van der Waals surface area contributed by atoms with Gasteiger partial charge in [0.2, 0.25) is 5.91 Å². The Morgan fingerprint density at radius 1 is 1.41 bits per heavy atom. The molecule has 0 radical (unpaired) electrons. The summed E-state index contributed by atoms with van der Waals surface area (Å²) in [6.45, 7) is 8.68. The van der Waals surface area contributed by atoms with E-state index in [2.05, 4.69) is 26.1 Å². The predicted molar refractivity (Wildman–Crippen MR) is 71.9 cm³/mol. The number of hydrogen-bond acceptors (Lipinski definition) is 1. The summed E-state index contributed by atoms with van der Waals surface area (Å²) in [5.41, 5.74) is 1.00. The minimum Gasteiger partial charge on any atom is -0.352 e. The molecule has 0 saturated heterocycles. The molecule has 1 unspecified atom stereocenters. The molecule has 3 heteroatoms. The monoisotopic (exact) mass is 253 g/mol. The summed E-state index contributed by atoms with van der Waals surface area (Å²) in [6, 6.07) is 7.53. The number of amides is 1. The van der Waals surface area contributed by atoms with Crippen LogP contribution in [0.15, 0.2) is 24.3 Å². The van der Waals surface area contributed by atoms with Crippen LogP contribution in [0.5, 0.6) is 0 Å². The number of halogens is 1. The van der Waals surface area contributed by atoms with Crippen molar-refractivity contribution in [2.24, 2.45) is 11.3 Å². The van der Waals surface area contributed by atoms with E-state index in [1.54, 1.807) is 0 Å². The normalized spacial score (nSPS) is 13.2. The molecule has 1 aromatic rings. The second-order valence-corrected chi connectivity index (χ2v) is 5.87. The van der Waals surface area contributed by atoms with Crippen LogP contribution in [0.2, 0.25) is 5.02 Å². The molecule has 0 spiro atoms. The number of benzene rings is 1. The van der Waals surface area contributed by atoms with Gasteiger partial charge in [0.05, 0.1) is 0 Å². The van der Waals surface area contributed by atoms with Crippen LogP contribution >= 0.6 is 11.6 Å². The van der Waals surface area contributed by atoms with Gasteiger partial charge in [0.15, 0.2) is 0 Å². The molecule has 0 aliphatic heterocycles. The minimum atomic E-state index is -0.0155. The topological polar surface area (TPSA) is 29.1 Å². The highest BCUT2D eigenvalue weighted by Gasteiger charge is 2.26. The number of rotatable bonds is 3. The summed E-state index contributed by atoms with van der Waals surface area (Å²) in [4.78, 5) is 11.9. The zero-order valence-electron chi connectivity index (χ0n) is 10.9. The first-order valence-electron chi connectivity index (χ1n) is 5.83. The molecule has 1 atom stereocenters. The van der Waals surface area contributed by atoms with E-state index >= 15 is 0 Å². The van der Waals surface area contributed by atoms with Gasteiger partial charge in [-0.2, -0.15) is 0 Å². The highest BCUT2D eigenvalue weighted by molar-refractivity contribution is 6.30. The molecule has 0 bridgehead atoms. The number of nitrogens with one attached hydrogen (secondary N) is 1. The quantitative estimate of drug-likeness (QED) is 0.876. The Bertz CT molecular complexity index is 395. The second-order valence-electron chi connectivity index (χ2n) is 5.44. The smallest absolute Gasteiger partial charge is 0.223 e. The molecule has 1 amide bonds. The summed E-state index contributed by atoms with van der Waals surface area (Å²) in [5, 5.41) is 3.63. The van der Waals surface area contributed by atoms with Gasteiger partial charge in [-0.15, -0.1) is 0 Å². The molecule has 2 nitrogen and oxygen atoms in total. The summed E-state index contributed by atoms with van der Waals surface area (Å²) in [6.07, 6.45) is 0. The van der Waals surface area contributed by atoms with E-state index in [0.29, 0.717) is 11.6 Å². The van der Waals surface area contributed by atoms with Crippen LogP contribution in [0.4, 0.5) is 0 Å². The Morgan fingerprint density at radius 2 is 2.06 bits per heavy atom. The SMILES string of the molecule is CC(C(=O)NCc1cccc(Cl)c1)C(C)(C)C. The lowest BCUT2D eigenvalue weighted by atomic mass is 9.81. The summed E-state index contributed by atoms with van der Waals surface area (Å²) < 4.78 is 0. The van der Waals surface area contributed by atoms with Gasteiger partial charge >= 0.3 is 0 Å². The van der Waals surface area contributed by atoms with Crippen molar-refractivity contribution in [2.75, 3.05) is 0 Å². The first-order chi connectivity index (χ1) is 7.80. The fraction of sp³-hybridized carbons (Fsp3) is 0.500. The van der Waals surface area contributed by atoms with Crippen molar-refractivity contribution in [3.05, 3.63) is 34.9 Å². The molecule has 0 aliphatic carbocycles. The maximum atomic E-state index is 11.9. The standard InChI is InChI=1S/C14H20ClNO/c1-10(14(2,3)4)13(17)16-9-11-6-5-7-12(15)8-11/h5-8,10H,9H2,1-4H3,(H,16,17). The Balaban J connectivity index is 2.54. The summed E-state index contributed by atoms with van der Waals surface area (Å²) >= 11 is 5.88. The third-order valence-electron chi connectivity index (χ3n) is 3.05. The molecule has 0 saturated carbocycles. The zero-order valence-corrected chi connectivity index (χ0v) is 11.6. The lowest BCUT2D eigenvalue weighted by Crippen LogP contribution is -2.35. The lowest BCUT2D eigenvalue weighted by Gasteiger charge is -2.26. The molecule has 1 N–H and O–H groups in total. The van der Waals surface area contributed by atoms with E-state index in [-0.39, 0.29) is 17.2 Å². The van der Waals surface area contributed by atoms with E-state index in [1.165, 1.54) is 0 Å². The van der Waals surface area contributed by atoms with E-state index in [9.17, 15) is 4.79 Å².